The van der Waals surface area contributed by atoms with Gasteiger partial charge in [-0.3, -0.25) is 4.79 Å². The zero-order valence-corrected chi connectivity index (χ0v) is 11.1. The van der Waals surface area contributed by atoms with E-state index in [4.69, 9.17) is 5.73 Å². The monoisotopic (exact) mass is 230 g/mol. The van der Waals surface area contributed by atoms with E-state index in [1.54, 1.807) is 6.92 Å². The molecule has 1 amide bonds. The number of carbonyl (C=O) groups is 1. The third kappa shape index (κ3) is 6.80. The first-order valence-corrected chi connectivity index (χ1v) is 5.86. The minimum absolute atomic E-state index is 0.0142. The SMILES string of the molecule is CC(O)CC(C)NC(=O)CC(N)C(C)(C)C. The van der Waals surface area contributed by atoms with Crippen LogP contribution in [-0.2, 0) is 4.79 Å². The molecule has 16 heavy (non-hydrogen) atoms. The fourth-order valence-corrected chi connectivity index (χ4v) is 1.41. The van der Waals surface area contributed by atoms with Crippen molar-refractivity contribution in [3.63, 3.8) is 0 Å². The molecule has 0 aliphatic carbocycles. The van der Waals surface area contributed by atoms with Crippen LogP contribution in [0.2, 0.25) is 0 Å². The lowest BCUT2D eigenvalue weighted by molar-refractivity contribution is -0.122. The van der Waals surface area contributed by atoms with Gasteiger partial charge in [0.25, 0.3) is 0 Å². The number of hydrogen-bond acceptors (Lipinski definition) is 3. The molecule has 0 saturated heterocycles. The molecule has 0 aliphatic rings. The second-order valence-corrected chi connectivity index (χ2v) is 5.73. The summed E-state index contributed by atoms with van der Waals surface area (Å²) in [6, 6.07) is -0.161. The highest BCUT2D eigenvalue weighted by Crippen LogP contribution is 2.19. The van der Waals surface area contributed by atoms with Crippen LogP contribution in [0.4, 0.5) is 0 Å². The molecule has 3 atom stereocenters. The Hall–Kier alpha value is -0.610. The topological polar surface area (TPSA) is 75.3 Å². The predicted molar refractivity (Wildman–Crippen MR) is 65.9 cm³/mol. The van der Waals surface area contributed by atoms with Crippen molar-refractivity contribution >= 4 is 5.91 Å². The predicted octanol–water partition coefficient (Wildman–Crippen LogP) is 1.03. The molecule has 0 aliphatic heterocycles. The van der Waals surface area contributed by atoms with Crippen molar-refractivity contribution in [1.29, 1.82) is 0 Å². The van der Waals surface area contributed by atoms with Crippen LogP contribution in [-0.4, -0.2) is 29.2 Å². The van der Waals surface area contributed by atoms with E-state index in [1.807, 2.05) is 27.7 Å². The fraction of sp³-hybridized carbons (Fsp3) is 0.917. The van der Waals surface area contributed by atoms with Gasteiger partial charge in [-0.15, -0.1) is 0 Å². The van der Waals surface area contributed by atoms with E-state index in [0.29, 0.717) is 12.8 Å². The van der Waals surface area contributed by atoms with Crippen LogP contribution in [0.3, 0.4) is 0 Å². The zero-order valence-electron chi connectivity index (χ0n) is 11.1. The number of aliphatic hydroxyl groups excluding tert-OH is 1. The van der Waals surface area contributed by atoms with Crippen LogP contribution in [0.25, 0.3) is 0 Å². The minimum atomic E-state index is -0.397. The normalized spacial score (nSPS) is 17.7. The summed E-state index contributed by atoms with van der Waals surface area (Å²) < 4.78 is 0. The quantitative estimate of drug-likeness (QED) is 0.660. The Morgan fingerprint density at radius 2 is 1.88 bits per heavy atom. The Labute approximate surface area is 98.6 Å². The molecule has 0 radical (unpaired) electrons. The Morgan fingerprint density at radius 3 is 2.25 bits per heavy atom. The molecule has 0 aromatic rings. The van der Waals surface area contributed by atoms with Crippen molar-refractivity contribution < 1.29 is 9.90 Å². The molecule has 96 valence electrons. The number of aliphatic hydroxyl groups is 1. The van der Waals surface area contributed by atoms with E-state index >= 15 is 0 Å². The van der Waals surface area contributed by atoms with Crippen LogP contribution in [0.5, 0.6) is 0 Å². The van der Waals surface area contributed by atoms with Gasteiger partial charge in [0.2, 0.25) is 5.91 Å². The van der Waals surface area contributed by atoms with Crippen molar-refractivity contribution in [2.45, 2.75) is 65.6 Å². The van der Waals surface area contributed by atoms with E-state index < -0.39 is 6.10 Å². The van der Waals surface area contributed by atoms with Gasteiger partial charge < -0.3 is 16.2 Å². The van der Waals surface area contributed by atoms with Gasteiger partial charge in [-0.05, 0) is 25.7 Å². The molecular formula is C12H26N2O2. The third-order valence-electron chi connectivity index (χ3n) is 2.62. The Morgan fingerprint density at radius 1 is 1.38 bits per heavy atom. The molecule has 0 aromatic carbocycles. The second kappa shape index (κ2) is 6.21. The highest BCUT2D eigenvalue weighted by Gasteiger charge is 2.23. The van der Waals surface area contributed by atoms with Gasteiger partial charge in [0.05, 0.1) is 6.10 Å². The lowest BCUT2D eigenvalue weighted by Gasteiger charge is -2.27. The van der Waals surface area contributed by atoms with Crippen LogP contribution < -0.4 is 11.1 Å². The van der Waals surface area contributed by atoms with Gasteiger partial charge in [-0.2, -0.15) is 0 Å². The molecule has 4 N–H and O–H groups in total. The molecule has 0 aromatic heterocycles. The summed E-state index contributed by atoms with van der Waals surface area (Å²) in [5.41, 5.74) is 5.85. The highest BCUT2D eigenvalue weighted by atomic mass is 16.3. The Balaban J connectivity index is 4.00. The summed E-state index contributed by atoms with van der Waals surface area (Å²) in [6.45, 7) is 9.65. The molecule has 0 heterocycles. The van der Waals surface area contributed by atoms with E-state index in [0.717, 1.165) is 0 Å². The van der Waals surface area contributed by atoms with Gasteiger partial charge >= 0.3 is 0 Å². The van der Waals surface area contributed by atoms with E-state index in [9.17, 15) is 9.90 Å². The van der Waals surface area contributed by atoms with Crippen LogP contribution in [0.1, 0.15) is 47.5 Å². The maximum atomic E-state index is 11.6. The fourth-order valence-electron chi connectivity index (χ4n) is 1.41. The van der Waals surface area contributed by atoms with E-state index in [1.165, 1.54) is 0 Å². The van der Waals surface area contributed by atoms with Crippen molar-refractivity contribution in [2.75, 3.05) is 0 Å². The summed E-state index contributed by atoms with van der Waals surface area (Å²) in [5, 5.41) is 12.0. The molecule has 0 spiro atoms. The van der Waals surface area contributed by atoms with Crippen LogP contribution in [0, 0.1) is 5.41 Å². The maximum Gasteiger partial charge on any atom is 0.221 e. The van der Waals surface area contributed by atoms with E-state index in [2.05, 4.69) is 5.32 Å². The molecular weight excluding hydrogens is 204 g/mol. The summed E-state index contributed by atoms with van der Waals surface area (Å²) in [6.07, 6.45) is 0.496. The van der Waals surface area contributed by atoms with Gasteiger partial charge in [0, 0.05) is 18.5 Å². The van der Waals surface area contributed by atoms with Crippen molar-refractivity contribution in [1.82, 2.24) is 5.32 Å². The molecule has 3 unspecified atom stereocenters. The third-order valence-corrected chi connectivity index (χ3v) is 2.62. The number of nitrogens with one attached hydrogen (secondary N) is 1. The van der Waals surface area contributed by atoms with Gasteiger partial charge in [-0.1, -0.05) is 20.8 Å². The lowest BCUT2D eigenvalue weighted by atomic mass is 9.85. The van der Waals surface area contributed by atoms with Gasteiger partial charge in [0.15, 0.2) is 0 Å². The van der Waals surface area contributed by atoms with Gasteiger partial charge in [0.1, 0.15) is 0 Å². The second-order valence-electron chi connectivity index (χ2n) is 5.73. The zero-order chi connectivity index (χ0) is 12.9. The van der Waals surface area contributed by atoms with Gasteiger partial charge in [-0.25, -0.2) is 0 Å². The molecule has 4 heteroatoms. The number of hydrogen-bond donors (Lipinski definition) is 3. The largest absolute Gasteiger partial charge is 0.393 e. The molecule has 4 nitrogen and oxygen atoms in total. The summed E-state index contributed by atoms with van der Waals surface area (Å²) in [7, 11) is 0. The first-order valence-electron chi connectivity index (χ1n) is 5.86. The summed E-state index contributed by atoms with van der Waals surface area (Å²) in [5.74, 6) is -0.0458. The van der Waals surface area contributed by atoms with Crippen molar-refractivity contribution in [3.05, 3.63) is 0 Å². The van der Waals surface area contributed by atoms with Crippen LogP contribution in [0.15, 0.2) is 0 Å². The molecule has 0 saturated carbocycles. The lowest BCUT2D eigenvalue weighted by Crippen LogP contribution is -2.42. The first kappa shape index (κ1) is 15.4. The Bertz CT molecular complexity index is 222. The average molecular weight is 230 g/mol. The smallest absolute Gasteiger partial charge is 0.221 e. The first-order chi connectivity index (χ1) is 7.12. The minimum Gasteiger partial charge on any atom is -0.393 e. The molecule has 0 fully saturated rings. The van der Waals surface area contributed by atoms with Crippen molar-refractivity contribution in [2.24, 2.45) is 11.1 Å². The Kier molecular flexibility index (Phi) is 5.97. The number of nitrogens with two attached hydrogens (primary N) is 1. The average Bonchev–Trinajstić information content (AvgIpc) is 1.98. The standard InChI is InChI=1S/C12H26N2O2/c1-8(6-9(2)15)14-11(16)7-10(13)12(3,4)5/h8-10,15H,6-7,13H2,1-5H3,(H,14,16). The van der Waals surface area contributed by atoms with Crippen LogP contribution >= 0.6 is 0 Å². The van der Waals surface area contributed by atoms with E-state index in [-0.39, 0.29) is 23.4 Å². The maximum absolute atomic E-state index is 11.6. The highest BCUT2D eigenvalue weighted by molar-refractivity contribution is 5.76. The molecule has 0 bridgehead atoms. The number of carbonyl (C=O) groups excluding carboxylic acids is 1. The van der Waals surface area contributed by atoms with Crippen molar-refractivity contribution in [3.8, 4) is 0 Å². The molecule has 0 rings (SSSR count). The number of amides is 1. The summed E-state index contributed by atoms with van der Waals surface area (Å²) in [4.78, 5) is 11.6. The summed E-state index contributed by atoms with van der Waals surface area (Å²) >= 11 is 0. The number of rotatable bonds is 5.